The number of hydrogen-bond donors (Lipinski definition) is 4. The first kappa shape index (κ1) is 8.18. The summed E-state index contributed by atoms with van der Waals surface area (Å²) in [5.74, 6) is -0.101. The lowest BCUT2D eigenvalue weighted by Crippen LogP contribution is -2.36. The quantitative estimate of drug-likeness (QED) is 0.300. The molecule has 0 saturated carbocycles. The van der Waals surface area contributed by atoms with Crippen LogP contribution < -0.4 is 27.2 Å². The van der Waals surface area contributed by atoms with Gasteiger partial charge in [0.15, 0.2) is 11.6 Å². The maximum absolute atomic E-state index is 11.2. The molecule has 7 nitrogen and oxygen atoms in total. The van der Waals surface area contributed by atoms with Crippen LogP contribution in [0.4, 0.5) is 23.3 Å². The molecule has 0 aromatic carbocycles. The highest BCUT2D eigenvalue weighted by Gasteiger charge is 2.12. The van der Waals surface area contributed by atoms with Gasteiger partial charge in [0.05, 0.1) is 7.05 Å². The fraction of sp³-hybridized carbons (Fsp3) is 0.200. The smallest absolute Gasteiger partial charge is 0.265 e. The van der Waals surface area contributed by atoms with Crippen LogP contribution in [-0.4, -0.2) is 12.0 Å². The highest BCUT2D eigenvalue weighted by atomic mass is 16.5. The minimum atomic E-state index is -0.159. The first-order valence-electron chi connectivity index (χ1n) is 3.19. The fourth-order valence-electron chi connectivity index (χ4n) is 0.798. The zero-order chi connectivity index (χ0) is 9.30. The lowest BCUT2D eigenvalue weighted by Gasteiger charge is -2.13. The van der Waals surface area contributed by atoms with Crippen molar-refractivity contribution in [2.75, 3.05) is 29.6 Å². The summed E-state index contributed by atoms with van der Waals surface area (Å²) in [6.45, 7) is 0. The van der Waals surface area contributed by atoms with Crippen molar-refractivity contribution >= 4 is 23.3 Å². The minimum absolute atomic E-state index is 0.0270. The molecule has 1 aromatic rings. The molecule has 0 radical (unpaired) electrons. The van der Waals surface area contributed by atoms with E-state index in [1.54, 1.807) is 0 Å². The molecular formula is C5H10N6O. The lowest BCUT2D eigenvalue weighted by atomic mass is 10.5. The molecule has 12 heavy (non-hydrogen) atoms. The molecule has 0 saturated heterocycles. The van der Waals surface area contributed by atoms with E-state index in [-0.39, 0.29) is 23.3 Å². The average Bonchev–Trinajstić information content (AvgIpc) is 2.01. The van der Waals surface area contributed by atoms with Crippen molar-refractivity contribution in [3.8, 4) is 0 Å². The molecule has 0 atom stereocenters. The van der Waals surface area contributed by atoms with Crippen LogP contribution >= 0.6 is 0 Å². The summed E-state index contributed by atoms with van der Waals surface area (Å²) < 4.78 is 0.400. The van der Waals surface area contributed by atoms with Crippen LogP contribution in [0.25, 0.3) is 0 Å². The van der Waals surface area contributed by atoms with Crippen LogP contribution in [-0.2, 0) is 0 Å². The van der Waals surface area contributed by atoms with Crippen LogP contribution in [0.1, 0.15) is 0 Å². The van der Waals surface area contributed by atoms with E-state index in [4.69, 9.17) is 17.2 Å². The number of nitrogens with one attached hydrogen (secondary N) is 1. The van der Waals surface area contributed by atoms with Crippen molar-refractivity contribution in [2.45, 2.75) is 0 Å². The predicted octanol–water partition coefficient (Wildman–Crippen LogP) is -1.50. The zero-order valence-electron chi connectivity index (χ0n) is 6.53. The SMILES string of the molecule is CNc1c(N)nc(N)c(N)[n+]1[O-]. The molecule has 0 unspecified atom stereocenters. The number of nitrogens with zero attached hydrogens (tertiary/aromatic N) is 2. The number of nitrogen functional groups attached to an aromatic ring is 3. The monoisotopic (exact) mass is 170 g/mol. The minimum Gasteiger partial charge on any atom is -0.740 e. The second-order valence-corrected chi connectivity index (χ2v) is 2.16. The Morgan fingerprint density at radius 2 is 1.92 bits per heavy atom. The summed E-state index contributed by atoms with van der Waals surface area (Å²) in [6.07, 6.45) is 0. The van der Waals surface area contributed by atoms with Gasteiger partial charge in [0.2, 0.25) is 0 Å². The standard InChI is InChI=1S/C5H10N6O/c1-9-5-3(7)10-2(6)4(8)11(5)12/h9H,8H2,1H3,(H4,6,7,10). The topological polar surface area (TPSA) is 130 Å². The molecule has 0 amide bonds. The van der Waals surface area contributed by atoms with Gasteiger partial charge in [0.1, 0.15) is 0 Å². The van der Waals surface area contributed by atoms with Gasteiger partial charge in [-0.15, -0.1) is 0 Å². The summed E-state index contributed by atoms with van der Waals surface area (Å²) in [5.41, 5.74) is 15.9. The van der Waals surface area contributed by atoms with E-state index < -0.39 is 0 Å². The molecule has 0 spiro atoms. The first-order chi connectivity index (χ1) is 5.57. The van der Waals surface area contributed by atoms with Gasteiger partial charge in [-0.25, -0.2) is 9.71 Å². The van der Waals surface area contributed by atoms with E-state index in [1.165, 1.54) is 7.05 Å². The van der Waals surface area contributed by atoms with Crippen molar-refractivity contribution in [3.63, 3.8) is 0 Å². The summed E-state index contributed by atoms with van der Waals surface area (Å²) in [6, 6.07) is 0. The van der Waals surface area contributed by atoms with E-state index in [9.17, 15) is 5.21 Å². The molecule has 66 valence electrons. The predicted molar refractivity (Wildman–Crippen MR) is 46.0 cm³/mol. The Morgan fingerprint density at radius 3 is 2.42 bits per heavy atom. The Balaban J connectivity index is 3.40. The van der Waals surface area contributed by atoms with Crippen LogP contribution in [0, 0.1) is 5.21 Å². The zero-order valence-corrected chi connectivity index (χ0v) is 6.53. The van der Waals surface area contributed by atoms with E-state index in [1.807, 2.05) is 0 Å². The summed E-state index contributed by atoms with van der Waals surface area (Å²) in [7, 11) is 1.54. The Morgan fingerprint density at radius 1 is 1.33 bits per heavy atom. The number of aromatic nitrogens is 2. The van der Waals surface area contributed by atoms with Gasteiger partial charge in [-0.2, -0.15) is 0 Å². The summed E-state index contributed by atoms with van der Waals surface area (Å²) in [5, 5.41) is 13.7. The van der Waals surface area contributed by atoms with Gasteiger partial charge in [0, 0.05) is 0 Å². The number of anilines is 4. The first-order valence-corrected chi connectivity index (χ1v) is 3.19. The molecular weight excluding hydrogens is 160 g/mol. The molecule has 7 heteroatoms. The molecule has 1 aromatic heterocycles. The van der Waals surface area contributed by atoms with Crippen molar-refractivity contribution < 1.29 is 4.73 Å². The Labute approximate surface area is 68.8 Å². The van der Waals surface area contributed by atoms with Crippen molar-refractivity contribution in [1.82, 2.24) is 4.98 Å². The third-order valence-electron chi connectivity index (χ3n) is 1.40. The Bertz CT molecular complexity index is 311. The Kier molecular flexibility index (Phi) is 1.78. The average molecular weight is 170 g/mol. The van der Waals surface area contributed by atoms with Gasteiger partial charge in [0.25, 0.3) is 11.6 Å². The highest BCUT2D eigenvalue weighted by Crippen LogP contribution is 2.15. The van der Waals surface area contributed by atoms with Gasteiger partial charge in [-0.3, -0.25) is 0 Å². The maximum atomic E-state index is 11.2. The summed E-state index contributed by atoms with van der Waals surface area (Å²) >= 11 is 0. The fourth-order valence-corrected chi connectivity index (χ4v) is 0.798. The van der Waals surface area contributed by atoms with Crippen molar-refractivity contribution in [2.24, 2.45) is 0 Å². The second kappa shape index (κ2) is 2.61. The molecule has 0 aliphatic heterocycles. The number of nitrogens with two attached hydrogens (primary N) is 3. The normalized spacial score (nSPS) is 9.75. The number of rotatable bonds is 1. The van der Waals surface area contributed by atoms with E-state index in [2.05, 4.69) is 10.3 Å². The van der Waals surface area contributed by atoms with Gasteiger partial charge in [-0.05, 0) is 0 Å². The van der Waals surface area contributed by atoms with Gasteiger partial charge < -0.3 is 27.7 Å². The van der Waals surface area contributed by atoms with Crippen LogP contribution in [0.15, 0.2) is 0 Å². The molecule has 0 fully saturated rings. The third-order valence-corrected chi connectivity index (χ3v) is 1.40. The van der Waals surface area contributed by atoms with E-state index >= 15 is 0 Å². The maximum Gasteiger partial charge on any atom is 0.265 e. The van der Waals surface area contributed by atoms with Crippen LogP contribution in [0.5, 0.6) is 0 Å². The molecule has 1 rings (SSSR count). The van der Waals surface area contributed by atoms with Crippen LogP contribution in [0.3, 0.4) is 0 Å². The molecule has 0 aliphatic rings. The molecule has 0 bridgehead atoms. The molecule has 1 heterocycles. The largest absolute Gasteiger partial charge is 0.740 e. The lowest BCUT2D eigenvalue weighted by molar-refractivity contribution is -0.573. The Hall–Kier alpha value is -1.92. The summed E-state index contributed by atoms with van der Waals surface area (Å²) in [4.78, 5) is 3.65. The van der Waals surface area contributed by atoms with Crippen molar-refractivity contribution in [1.29, 1.82) is 0 Å². The second-order valence-electron chi connectivity index (χ2n) is 2.16. The van der Waals surface area contributed by atoms with Gasteiger partial charge in [-0.1, -0.05) is 0 Å². The van der Waals surface area contributed by atoms with E-state index in [0.29, 0.717) is 4.73 Å². The highest BCUT2D eigenvalue weighted by molar-refractivity contribution is 5.60. The third kappa shape index (κ3) is 1.00. The number of hydrogen-bond acceptors (Lipinski definition) is 6. The molecule has 0 aliphatic carbocycles. The van der Waals surface area contributed by atoms with Crippen molar-refractivity contribution in [3.05, 3.63) is 5.21 Å². The van der Waals surface area contributed by atoms with Crippen LogP contribution in [0.2, 0.25) is 0 Å². The molecule has 7 N–H and O–H groups in total. The van der Waals surface area contributed by atoms with E-state index in [0.717, 1.165) is 0 Å². The van der Waals surface area contributed by atoms with Gasteiger partial charge >= 0.3 is 0 Å².